The second-order valence-electron chi connectivity index (χ2n) is 4.10. The van der Waals surface area contributed by atoms with Crippen LogP contribution in [0.3, 0.4) is 0 Å². The van der Waals surface area contributed by atoms with Crippen LogP contribution in [0.5, 0.6) is 0 Å². The molecule has 1 fully saturated rings. The van der Waals surface area contributed by atoms with Crippen LogP contribution in [0.2, 0.25) is 0 Å². The Kier molecular flexibility index (Phi) is 1.76. The molecule has 72 valence electrons. The van der Waals surface area contributed by atoms with Crippen molar-refractivity contribution >= 4 is 5.95 Å². The van der Waals surface area contributed by atoms with E-state index < -0.39 is 0 Å². The lowest BCUT2D eigenvalue weighted by atomic mass is 9.88. The Morgan fingerprint density at radius 1 is 1.69 bits per heavy atom. The van der Waals surface area contributed by atoms with Gasteiger partial charge in [0, 0.05) is 5.41 Å². The second-order valence-corrected chi connectivity index (χ2v) is 4.10. The molecule has 0 radical (unpaired) electrons. The number of aromatic nitrogens is 3. The van der Waals surface area contributed by atoms with Crippen LogP contribution >= 0.6 is 0 Å². The van der Waals surface area contributed by atoms with Gasteiger partial charge < -0.3 is 10.5 Å². The molecule has 1 aromatic heterocycles. The van der Waals surface area contributed by atoms with Crippen LogP contribution in [0.1, 0.15) is 19.9 Å². The highest BCUT2D eigenvalue weighted by molar-refractivity contribution is 5.10. The third-order valence-corrected chi connectivity index (χ3v) is 2.50. The molecule has 1 atom stereocenters. The van der Waals surface area contributed by atoms with E-state index in [-0.39, 0.29) is 11.5 Å². The van der Waals surface area contributed by atoms with Gasteiger partial charge in [0.1, 0.15) is 6.33 Å². The lowest BCUT2D eigenvalue weighted by Crippen LogP contribution is -2.25. The van der Waals surface area contributed by atoms with Crippen molar-refractivity contribution in [1.29, 1.82) is 0 Å². The third kappa shape index (κ3) is 1.39. The van der Waals surface area contributed by atoms with Crippen molar-refractivity contribution in [3.8, 4) is 0 Å². The largest absolute Gasteiger partial charge is 0.379 e. The summed E-state index contributed by atoms with van der Waals surface area (Å²) in [6, 6.07) is 0.247. The van der Waals surface area contributed by atoms with E-state index in [4.69, 9.17) is 10.5 Å². The Hall–Kier alpha value is -1.10. The van der Waals surface area contributed by atoms with E-state index in [1.807, 2.05) is 0 Å². The van der Waals surface area contributed by atoms with E-state index in [9.17, 15) is 0 Å². The molecule has 1 saturated heterocycles. The zero-order chi connectivity index (χ0) is 9.47. The summed E-state index contributed by atoms with van der Waals surface area (Å²) >= 11 is 0. The minimum atomic E-state index is 0.111. The minimum absolute atomic E-state index is 0.111. The Labute approximate surface area is 76.9 Å². The molecular formula is C8H14N4O. The average Bonchev–Trinajstić information content (AvgIpc) is 2.56. The standard InChI is InChI=1S/C8H14N4O/c1-8(2)4-13-3-6(8)12-5-10-7(9)11-12/h5-6H,3-4H2,1-2H3,(H2,9,11). The number of hydrogen-bond acceptors (Lipinski definition) is 4. The summed E-state index contributed by atoms with van der Waals surface area (Å²) in [4.78, 5) is 3.90. The maximum absolute atomic E-state index is 5.45. The summed E-state index contributed by atoms with van der Waals surface area (Å²) < 4.78 is 7.20. The summed E-state index contributed by atoms with van der Waals surface area (Å²) in [5.41, 5.74) is 5.56. The van der Waals surface area contributed by atoms with Crippen molar-refractivity contribution in [2.45, 2.75) is 19.9 Å². The van der Waals surface area contributed by atoms with Gasteiger partial charge >= 0.3 is 0 Å². The molecule has 0 bridgehead atoms. The van der Waals surface area contributed by atoms with Gasteiger partial charge in [0.2, 0.25) is 5.95 Å². The van der Waals surface area contributed by atoms with Crippen molar-refractivity contribution in [2.24, 2.45) is 5.41 Å². The van der Waals surface area contributed by atoms with Crippen LogP contribution in [0.25, 0.3) is 0 Å². The fourth-order valence-corrected chi connectivity index (χ4v) is 1.63. The molecule has 1 aliphatic heterocycles. The molecule has 5 nitrogen and oxygen atoms in total. The van der Waals surface area contributed by atoms with Gasteiger partial charge in [-0.1, -0.05) is 13.8 Å². The predicted octanol–water partition coefficient (Wildman–Crippen LogP) is 0.458. The Balaban J connectivity index is 2.26. The third-order valence-electron chi connectivity index (χ3n) is 2.50. The van der Waals surface area contributed by atoms with Crippen molar-refractivity contribution in [2.75, 3.05) is 18.9 Å². The number of nitrogens with two attached hydrogens (primary N) is 1. The first kappa shape index (κ1) is 8.50. The fraction of sp³-hybridized carbons (Fsp3) is 0.750. The minimum Gasteiger partial charge on any atom is -0.379 e. The molecule has 2 N–H and O–H groups in total. The maximum atomic E-state index is 5.45. The van der Waals surface area contributed by atoms with E-state index in [1.165, 1.54) is 0 Å². The zero-order valence-electron chi connectivity index (χ0n) is 7.90. The summed E-state index contributed by atoms with van der Waals surface area (Å²) in [5, 5.41) is 4.09. The molecule has 2 rings (SSSR count). The van der Waals surface area contributed by atoms with Crippen molar-refractivity contribution < 1.29 is 4.74 Å². The van der Waals surface area contributed by atoms with Gasteiger partial charge in [-0.05, 0) is 0 Å². The number of ether oxygens (including phenoxy) is 1. The molecule has 0 saturated carbocycles. The topological polar surface area (TPSA) is 66.0 Å². The van der Waals surface area contributed by atoms with Gasteiger partial charge in [-0.2, -0.15) is 0 Å². The van der Waals surface area contributed by atoms with Gasteiger partial charge in [0.25, 0.3) is 0 Å². The smallest absolute Gasteiger partial charge is 0.239 e. The van der Waals surface area contributed by atoms with Crippen LogP contribution < -0.4 is 5.73 Å². The summed E-state index contributed by atoms with van der Waals surface area (Å²) in [5.74, 6) is 0.322. The Morgan fingerprint density at radius 2 is 2.46 bits per heavy atom. The van der Waals surface area contributed by atoms with E-state index in [0.717, 1.165) is 6.61 Å². The molecule has 0 spiro atoms. The molecule has 1 aliphatic rings. The number of nitrogen functional groups attached to an aromatic ring is 1. The second kappa shape index (κ2) is 2.70. The normalized spacial score (nSPS) is 26.5. The van der Waals surface area contributed by atoms with E-state index in [0.29, 0.717) is 12.6 Å². The average molecular weight is 182 g/mol. The van der Waals surface area contributed by atoms with Gasteiger partial charge in [-0.15, -0.1) is 5.10 Å². The first-order valence-corrected chi connectivity index (χ1v) is 4.34. The molecule has 1 unspecified atom stereocenters. The lowest BCUT2D eigenvalue weighted by molar-refractivity contribution is 0.166. The Bertz CT molecular complexity index is 307. The predicted molar refractivity (Wildman–Crippen MR) is 48.1 cm³/mol. The molecule has 0 amide bonds. The van der Waals surface area contributed by atoms with E-state index in [1.54, 1.807) is 11.0 Å². The molecule has 0 aromatic carbocycles. The highest BCUT2D eigenvalue weighted by Crippen LogP contribution is 2.36. The molecule has 13 heavy (non-hydrogen) atoms. The summed E-state index contributed by atoms with van der Waals surface area (Å²) in [6.45, 7) is 5.76. The van der Waals surface area contributed by atoms with Crippen molar-refractivity contribution in [3.63, 3.8) is 0 Å². The first-order valence-electron chi connectivity index (χ1n) is 4.34. The molecule has 1 aromatic rings. The molecular weight excluding hydrogens is 168 g/mol. The van der Waals surface area contributed by atoms with Gasteiger partial charge in [0.05, 0.1) is 19.3 Å². The zero-order valence-corrected chi connectivity index (χ0v) is 7.90. The lowest BCUT2D eigenvalue weighted by Gasteiger charge is -2.23. The fourth-order valence-electron chi connectivity index (χ4n) is 1.63. The summed E-state index contributed by atoms with van der Waals surface area (Å²) in [7, 11) is 0. The van der Waals surface area contributed by atoms with Crippen molar-refractivity contribution in [1.82, 2.24) is 14.8 Å². The van der Waals surface area contributed by atoms with Gasteiger partial charge in [0.15, 0.2) is 0 Å². The quantitative estimate of drug-likeness (QED) is 0.685. The van der Waals surface area contributed by atoms with Crippen LogP contribution in [0.15, 0.2) is 6.33 Å². The van der Waals surface area contributed by atoms with Gasteiger partial charge in [-0.3, -0.25) is 0 Å². The van der Waals surface area contributed by atoms with Crippen LogP contribution in [-0.4, -0.2) is 28.0 Å². The number of rotatable bonds is 1. The Morgan fingerprint density at radius 3 is 2.92 bits per heavy atom. The highest BCUT2D eigenvalue weighted by atomic mass is 16.5. The highest BCUT2D eigenvalue weighted by Gasteiger charge is 2.37. The SMILES string of the molecule is CC1(C)COCC1n1cnc(N)n1. The monoisotopic (exact) mass is 182 g/mol. The van der Waals surface area contributed by atoms with Crippen LogP contribution in [-0.2, 0) is 4.74 Å². The van der Waals surface area contributed by atoms with E-state index in [2.05, 4.69) is 23.9 Å². The van der Waals surface area contributed by atoms with Crippen molar-refractivity contribution in [3.05, 3.63) is 6.33 Å². The number of hydrogen-bond donors (Lipinski definition) is 1. The van der Waals surface area contributed by atoms with Gasteiger partial charge in [-0.25, -0.2) is 9.67 Å². The number of nitrogens with zero attached hydrogens (tertiary/aromatic N) is 3. The molecule has 2 heterocycles. The maximum Gasteiger partial charge on any atom is 0.239 e. The van der Waals surface area contributed by atoms with Crippen LogP contribution in [0, 0.1) is 5.41 Å². The molecule has 0 aliphatic carbocycles. The number of anilines is 1. The molecule has 5 heteroatoms. The van der Waals surface area contributed by atoms with E-state index >= 15 is 0 Å². The van der Waals surface area contributed by atoms with Crippen LogP contribution in [0.4, 0.5) is 5.95 Å². The summed E-state index contributed by atoms with van der Waals surface area (Å²) in [6.07, 6.45) is 1.66. The first-order chi connectivity index (χ1) is 6.09.